The van der Waals surface area contributed by atoms with Gasteiger partial charge in [-0.2, -0.15) is 0 Å². The number of halogens is 2. The van der Waals surface area contributed by atoms with E-state index in [4.69, 9.17) is 0 Å². The zero-order chi connectivity index (χ0) is 19.2. The Morgan fingerprint density at radius 1 is 0.933 bits per heavy atom. The highest BCUT2D eigenvalue weighted by molar-refractivity contribution is 5.85. The summed E-state index contributed by atoms with van der Waals surface area (Å²) in [5.41, 5.74) is 4.45. The average Bonchev–Trinajstić information content (AvgIpc) is 2.74. The number of nitrogens with one attached hydrogen (secondary N) is 1. The molecule has 0 aromatic heterocycles. The van der Waals surface area contributed by atoms with Crippen molar-refractivity contribution >= 4 is 24.8 Å². The van der Waals surface area contributed by atoms with Crippen LogP contribution in [0.5, 0.6) is 0 Å². The molecule has 2 nitrogen and oxygen atoms in total. The lowest BCUT2D eigenvalue weighted by atomic mass is 9.84. The van der Waals surface area contributed by atoms with E-state index in [-0.39, 0.29) is 24.8 Å². The van der Waals surface area contributed by atoms with Crippen molar-refractivity contribution in [2.24, 2.45) is 5.92 Å². The standard InChI is InChI=1S/C26H36N2.2ClH/c1-21-6-5-9-24(18-21)25-10-14-27-26(20-25)13-17-28-15-11-23(12-16-28)19-22-7-3-2-4-8-22;;/h2-9,18,23,25-27H,10-17,19-20H2,1H3;2*1H. The Bertz CT molecular complexity index is 729. The molecule has 4 rings (SSSR count). The molecule has 166 valence electrons. The molecule has 2 aromatic rings. The first-order valence-electron chi connectivity index (χ1n) is 11.3. The minimum Gasteiger partial charge on any atom is -0.314 e. The molecule has 2 heterocycles. The van der Waals surface area contributed by atoms with Crippen LogP contribution in [0, 0.1) is 12.8 Å². The van der Waals surface area contributed by atoms with E-state index in [1.807, 2.05) is 0 Å². The molecule has 2 unspecified atom stereocenters. The molecular weight excluding hydrogens is 411 g/mol. The Balaban J connectivity index is 0.00000160. The zero-order valence-electron chi connectivity index (χ0n) is 18.3. The summed E-state index contributed by atoms with van der Waals surface area (Å²) in [7, 11) is 0. The number of hydrogen-bond acceptors (Lipinski definition) is 2. The van der Waals surface area contributed by atoms with Gasteiger partial charge in [-0.1, -0.05) is 60.2 Å². The van der Waals surface area contributed by atoms with Crippen LogP contribution < -0.4 is 5.32 Å². The number of piperidine rings is 2. The maximum absolute atomic E-state index is 3.79. The van der Waals surface area contributed by atoms with Crippen molar-refractivity contribution in [2.45, 2.75) is 57.4 Å². The first-order valence-corrected chi connectivity index (χ1v) is 11.3. The Labute approximate surface area is 195 Å². The predicted molar refractivity (Wildman–Crippen MR) is 133 cm³/mol. The van der Waals surface area contributed by atoms with Gasteiger partial charge in [-0.25, -0.2) is 0 Å². The van der Waals surface area contributed by atoms with Crippen LogP contribution in [0.1, 0.15) is 54.7 Å². The van der Waals surface area contributed by atoms with Crippen LogP contribution in [0.25, 0.3) is 0 Å². The van der Waals surface area contributed by atoms with Crippen molar-refractivity contribution in [1.29, 1.82) is 0 Å². The van der Waals surface area contributed by atoms with Gasteiger partial charge in [-0.15, -0.1) is 24.8 Å². The number of benzene rings is 2. The molecule has 0 radical (unpaired) electrons. The van der Waals surface area contributed by atoms with Gasteiger partial charge in [0.1, 0.15) is 0 Å². The van der Waals surface area contributed by atoms with Gasteiger partial charge in [0.2, 0.25) is 0 Å². The smallest absolute Gasteiger partial charge is 0.00850 e. The minimum atomic E-state index is 0. The van der Waals surface area contributed by atoms with E-state index >= 15 is 0 Å². The van der Waals surface area contributed by atoms with E-state index in [1.165, 1.54) is 75.8 Å². The molecular formula is C26H38Cl2N2. The molecule has 0 amide bonds. The van der Waals surface area contributed by atoms with Crippen LogP contribution in [-0.4, -0.2) is 37.1 Å². The third-order valence-electron chi connectivity index (χ3n) is 6.88. The second-order valence-corrected chi connectivity index (χ2v) is 9.05. The summed E-state index contributed by atoms with van der Waals surface area (Å²) in [4.78, 5) is 2.71. The first kappa shape index (κ1) is 25.2. The van der Waals surface area contributed by atoms with Crippen molar-refractivity contribution in [3.63, 3.8) is 0 Å². The fourth-order valence-corrected chi connectivity index (χ4v) is 5.15. The monoisotopic (exact) mass is 448 g/mol. The quantitative estimate of drug-likeness (QED) is 0.580. The molecule has 0 bridgehead atoms. The molecule has 0 saturated carbocycles. The van der Waals surface area contributed by atoms with Crippen LogP contribution >= 0.6 is 24.8 Å². The summed E-state index contributed by atoms with van der Waals surface area (Å²) in [5.74, 6) is 1.61. The van der Waals surface area contributed by atoms with E-state index in [0.717, 1.165) is 11.8 Å². The van der Waals surface area contributed by atoms with Gasteiger partial charge in [-0.05, 0) is 94.6 Å². The molecule has 2 aliphatic rings. The fourth-order valence-electron chi connectivity index (χ4n) is 5.15. The van der Waals surface area contributed by atoms with Gasteiger partial charge in [-0.3, -0.25) is 0 Å². The van der Waals surface area contributed by atoms with E-state index in [2.05, 4.69) is 71.7 Å². The highest BCUT2D eigenvalue weighted by Crippen LogP contribution is 2.29. The molecule has 0 spiro atoms. The third-order valence-corrected chi connectivity index (χ3v) is 6.88. The van der Waals surface area contributed by atoms with Crippen LogP contribution in [0.4, 0.5) is 0 Å². The Morgan fingerprint density at radius 2 is 1.70 bits per heavy atom. The molecule has 2 saturated heterocycles. The van der Waals surface area contributed by atoms with E-state index in [1.54, 1.807) is 5.56 Å². The molecule has 0 aliphatic carbocycles. The van der Waals surface area contributed by atoms with Crippen molar-refractivity contribution < 1.29 is 0 Å². The van der Waals surface area contributed by atoms with Gasteiger partial charge < -0.3 is 10.2 Å². The summed E-state index contributed by atoms with van der Waals surface area (Å²) in [5, 5.41) is 3.79. The Morgan fingerprint density at radius 3 is 2.43 bits per heavy atom. The SMILES string of the molecule is Cc1cccc(C2CCNC(CCN3CCC(Cc4ccccc4)CC3)C2)c1.Cl.Cl. The van der Waals surface area contributed by atoms with Crippen LogP contribution in [0.2, 0.25) is 0 Å². The fraction of sp³-hybridized carbons (Fsp3) is 0.538. The maximum Gasteiger partial charge on any atom is 0.00850 e. The number of rotatable bonds is 6. The topological polar surface area (TPSA) is 15.3 Å². The van der Waals surface area contributed by atoms with Crippen LogP contribution in [0.3, 0.4) is 0 Å². The summed E-state index contributed by atoms with van der Waals surface area (Å²) in [6.07, 6.45) is 7.86. The summed E-state index contributed by atoms with van der Waals surface area (Å²) >= 11 is 0. The van der Waals surface area contributed by atoms with Gasteiger partial charge in [0.05, 0.1) is 0 Å². The van der Waals surface area contributed by atoms with Gasteiger partial charge >= 0.3 is 0 Å². The average molecular weight is 450 g/mol. The molecule has 2 fully saturated rings. The second kappa shape index (κ2) is 12.7. The molecule has 2 aliphatic heterocycles. The van der Waals surface area contributed by atoms with Crippen LogP contribution in [0.15, 0.2) is 54.6 Å². The minimum absolute atomic E-state index is 0. The molecule has 4 heteroatoms. The van der Waals surface area contributed by atoms with Gasteiger partial charge in [0, 0.05) is 6.04 Å². The number of likely N-dealkylation sites (tertiary alicyclic amines) is 1. The van der Waals surface area contributed by atoms with Gasteiger partial charge in [0.15, 0.2) is 0 Å². The summed E-state index contributed by atoms with van der Waals surface area (Å²) in [6.45, 7) is 7.21. The van der Waals surface area contributed by atoms with Crippen molar-refractivity contribution in [1.82, 2.24) is 10.2 Å². The highest BCUT2D eigenvalue weighted by atomic mass is 35.5. The van der Waals surface area contributed by atoms with E-state index < -0.39 is 0 Å². The van der Waals surface area contributed by atoms with E-state index in [0.29, 0.717) is 6.04 Å². The summed E-state index contributed by atoms with van der Waals surface area (Å²) in [6, 6.07) is 20.9. The van der Waals surface area contributed by atoms with E-state index in [9.17, 15) is 0 Å². The highest BCUT2D eigenvalue weighted by Gasteiger charge is 2.24. The maximum atomic E-state index is 3.79. The summed E-state index contributed by atoms with van der Waals surface area (Å²) < 4.78 is 0. The zero-order valence-corrected chi connectivity index (χ0v) is 19.9. The Kier molecular flexibility index (Phi) is 10.7. The van der Waals surface area contributed by atoms with Crippen molar-refractivity contribution in [3.05, 3.63) is 71.3 Å². The molecule has 1 N–H and O–H groups in total. The van der Waals surface area contributed by atoms with Crippen molar-refractivity contribution in [2.75, 3.05) is 26.2 Å². The predicted octanol–water partition coefficient (Wildman–Crippen LogP) is 6.02. The normalized spacial score (nSPS) is 22.7. The second-order valence-electron chi connectivity index (χ2n) is 9.05. The lowest BCUT2D eigenvalue weighted by Gasteiger charge is -2.35. The third kappa shape index (κ3) is 7.27. The lowest BCUT2D eigenvalue weighted by molar-refractivity contribution is 0.172. The molecule has 2 atom stereocenters. The lowest BCUT2D eigenvalue weighted by Crippen LogP contribution is -2.41. The van der Waals surface area contributed by atoms with Crippen LogP contribution in [-0.2, 0) is 6.42 Å². The molecule has 2 aromatic carbocycles. The number of aryl methyl sites for hydroxylation is 1. The Hall–Kier alpha value is -1.06. The number of nitrogens with zero attached hydrogens (tertiary/aromatic N) is 1. The first-order chi connectivity index (χ1) is 13.8. The van der Waals surface area contributed by atoms with Gasteiger partial charge in [0.25, 0.3) is 0 Å². The van der Waals surface area contributed by atoms with Crippen molar-refractivity contribution in [3.8, 4) is 0 Å². The number of hydrogen-bond donors (Lipinski definition) is 1. The molecule has 30 heavy (non-hydrogen) atoms. The largest absolute Gasteiger partial charge is 0.314 e.